The molecule has 0 aromatic rings. The lowest BCUT2D eigenvalue weighted by atomic mass is 10.2. The molecule has 0 spiro atoms. The Labute approximate surface area is 51.1 Å². The van der Waals surface area contributed by atoms with Crippen molar-refractivity contribution in [2.75, 3.05) is 0 Å². The molecule has 0 rings (SSSR count). The number of halogens is 1. The summed E-state index contributed by atoms with van der Waals surface area (Å²) in [5.74, 6) is 0. The summed E-state index contributed by atoms with van der Waals surface area (Å²) in [5, 5.41) is 8.44. The molecule has 0 aliphatic heterocycles. The van der Waals surface area contributed by atoms with Crippen molar-refractivity contribution in [3.8, 4) is 0 Å². The molecule has 0 saturated heterocycles. The van der Waals surface area contributed by atoms with Crippen LogP contribution in [-0.4, -0.2) is 11.2 Å². The molecule has 0 aliphatic rings. The summed E-state index contributed by atoms with van der Waals surface area (Å²) in [6, 6.07) is 0. The van der Waals surface area contributed by atoms with Gasteiger partial charge in [0.2, 0.25) is 0 Å². The summed E-state index contributed by atoms with van der Waals surface area (Å²) >= 11 is 0. The third kappa shape index (κ3) is 10.7. The molecule has 1 N–H and O–H groups in total. The summed E-state index contributed by atoms with van der Waals surface area (Å²) in [6.07, 6.45) is 1.49. The Morgan fingerprint density at radius 2 is 2.14 bits per heavy atom. The first-order valence-electron chi connectivity index (χ1n) is 2.28. The van der Waals surface area contributed by atoms with Crippen LogP contribution in [-0.2, 0) is 0 Å². The minimum absolute atomic E-state index is 0. The van der Waals surface area contributed by atoms with Crippen LogP contribution < -0.4 is 0 Å². The van der Waals surface area contributed by atoms with Crippen molar-refractivity contribution in [2.45, 2.75) is 25.9 Å². The number of hydrogen-bond acceptors (Lipinski definition) is 1. The van der Waals surface area contributed by atoms with Crippen molar-refractivity contribution >= 4 is 12.4 Å². The fourth-order valence-corrected chi connectivity index (χ4v) is 0.333. The maximum Gasteiger partial charge on any atom is 0.0541 e. The van der Waals surface area contributed by atoms with E-state index in [1.807, 2.05) is 6.92 Å². The standard InChI is InChI=1S/C5H11O.ClH/c1-3-4-5(2)6;/h5-6H,2-4H2,1H3;1H. The van der Waals surface area contributed by atoms with Crippen LogP contribution in [0.4, 0.5) is 0 Å². The maximum absolute atomic E-state index is 8.44. The van der Waals surface area contributed by atoms with Gasteiger partial charge in [0.15, 0.2) is 0 Å². The van der Waals surface area contributed by atoms with Gasteiger partial charge in [-0.15, -0.1) is 12.4 Å². The molecule has 1 nitrogen and oxygen atoms in total. The first-order valence-corrected chi connectivity index (χ1v) is 2.28. The van der Waals surface area contributed by atoms with Crippen molar-refractivity contribution < 1.29 is 5.11 Å². The van der Waals surface area contributed by atoms with Gasteiger partial charge in [0.25, 0.3) is 0 Å². The van der Waals surface area contributed by atoms with E-state index in [1.54, 1.807) is 0 Å². The molecule has 2 heteroatoms. The zero-order valence-electron chi connectivity index (χ0n) is 4.55. The van der Waals surface area contributed by atoms with Crippen molar-refractivity contribution in [3.05, 3.63) is 6.92 Å². The highest BCUT2D eigenvalue weighted by molar-refractivity contribution is 5.85. The second-order valence-electron chi connectivity index (χ2n) is 1.44. The predicted molar refractivity (Wildman–Crippen MR) is 33.5 cm³/mol. The second kappa shape index (κ2) is 6.25. The minimum atomic E-state index is -0.352. The van der Waals surface area contributed by atoms with E-state index in [-0.39, 0.29) is 18.5 Å². The molecule has 0 aromatic carbocycles. The fourth-order valence-electron chi connectivity index (χ4n) is 0.333. The van der Waals surface area contributed by atoms with Crippen molar-refractivity contribution in [1.82, 2.24) is 0 Å². The Morgan fingerprint density at radius 1 is 1.71 bits per heavy atom. The van der Waals surface area contributed by atoms with E-state index in [1.165, 1.54) is 0 Å². The number of aliphatic hydroxyl groups excluding tert-OH is 1. The van der Waals surface area contributed by atoms with Gasteiger partial charge in [0, 0.05) is 0 Å². The van der Waals surface area contributed by atoms with Gasteiger partial charge in [0.05, 0.1) is 6.10 Å². The molecule has 0 aromatic heterocycles. The quantitative estimate of drug-likeness (QED) is 0.589. The van der Waals surface area contributed by atoms with Crippen LogP contribution in [0.15, 0.2) is 0 Å². The van der Waals surface area contributed by atoms with Gasteiger partial charge in [-0.25, -0.2) is 0 Å². The summed E-state index contributed by atoms with van der Waals surface area (Å²) in [6.45, 7) is 5.41. The van der Waals surface area contributed by atoms with E-state index in [0.717, 1.165) is 12.8 Å². The number of rotatable bonds is 2. The third-order valence-electron chi connectivity index (χ3n) is 0.622. The highest BCUT2D eigenvalue weighted by Gasteiger charge is 1.87. The fraction of sp³-hybridized carbons (Fsp3) is 0.800. The van der Waals surface area contributed by atoms with Crippen LogP contribution in [0.1, 0.15) is 19.8 Å². The molecule has 7 heavy (non-hydrogen) atoms. The molecule has 45 valence electrons. The Bertz CT molecular complexity index is 29.3. The van der Waals surface area contributed by atoms with Gasteiger partial charge in [0.1, 0.15) is 0 Å². The van der Waals surface area contributed by atoms with Gasteiger partial charge in [-0.1, -0.05) is 13.3 Å². The Balaban J connectivity index is 0. The number of aliphatic hydroxyl groups is 1. The van der Waals surface area contributed by atoms with E-state index < -0.39 is 0 Å². The van der Waals surface area contributed by atoms with Gasteiger partial charge in [-0.3, -0.25) is 0 Å². The topological polar surface area (TPSA) is 20.2 Å². The molecule has 0 aliphatic carbocycles. The van der Waals surface area contributed by atoms with E-state index in [0.29, 0.717) is 0 Å². The Kier molecular flexibility index (Phi) is 9.17. The molecule has 0 amide bonds. The van der Waals surface area contributed by atoms with Crippen LogP contribution in [0.2, 0.25) is 0 Å². The molecule has 1 radical (unpaired) electrons. The van der Waals surface area contributed by atoms with E-state index >= 15 is 0 Å². The maximum atomic E-state index is 8.44. The first-order chi connectivity index (χ1) is 2.77. The van der Waals surface area contributed by atoms with Crippen LogP contribution in [0.5, 0.6) is 0 Å². The Hall–Kier alpha value is 0.250. The van der Waals surface area contributed by atoms with Gasteiger partial charge in [-0.2, -0.15) is 0 Å². The monoisotopic (exact) mass is 123 g/mol. The van der Waals surface area contributed by atoms with Crippen LogP contribution in [0.25, 0.3) is 0 Å². The second-order valence-corrected chi connectivity index (χ2v) is 1.44. The van der Waals surface area contributed by atoms with Gasteiger partial charge >= 0.3 is 0 Å². The first kappa shape index (κ1) is 10.3. The SMILES string of the molecule is Cl.[CH2]C(O)CCC. The van der Waals surface area contributed by atoms with E-state index in [2.05, 4.69) is 6.92 Å². The largest absolute Gasteiger partial charge is 0.393 e. The minimum Gasteiger partial charge on any atom is -0.393 e. The summed E-state index contributed by atoms with van der Waals surface area (Å²) in [4.78, 5) is 0. The lowest BCUT2D eigenvalue weighted by molar-refractivity contribution is 0.209. The van der Waals surface area contributed by atoms with Crippen molar-refractivity contribution in [3.63, 3.8) is 0 Å². The average molecular weight is 124 g/mol. The van der Waals surface area contributed by atoms with Crippen molar-refractivity contribution in [1.29, 1.82) is 0 Å². The molecule has 0 saturated carbocycles. The summed E-state index contributed by atoms with van der Waals surface area (Å²) in [5.41, 5.74) is 0. The molecular formula is C5H12ClO. The normalized spacial score (nSPS) is 12.4. The van der Waals surface area contributed by atoms with Crippen LogP contribution in [0.3, 0.4) is 0 Å². The molecule has 1 unspecified atom stereocenters. The van der Waals surface area contributed by atoms with Gasteiger partial charge in [-0.05, 0) is 13.3 Å². The summed E-state index contributed by atoms with van der Waals surface area (Å²) < 4.78 is 0. The van der Waals surface area contributed by atoms with Crippen molar-refractivity contribution in [2.24, 2.45) is 0 Å². The highest BCUT2D eigenvalue weighted by Crippen LogP contribution is 1.90. The lowest BCUT2D eigenvalue weighted by Gasteiger charge is -1.95. The molecule has 0 bridgehead atoms. The molecular weight excluding hydrogens is 112 g/mol. The van der Waals surface area contributed by atoms with E-state index in [4.69, 9.17) is 5.11 Å². The zero-order valence-corrected chi connectivity index (χ0v) is 5.37. The molecule has 0 fully saturated rings. The smallest absolute Gasteiger partial charge is 0.0541 e. The van der Waals surface area contributed by atoms with Crippen LogP contribution >= 0.6 is 12.4 Å². The average Bonchev–Trinajstić information content (AvgIpc) is 1.35. The Morgan fingerprint density at radius 3 is 2.14 bits per heavy atom. The molecule has 1 atom stereocenters. The van der Waals surface area contributed by atoms with Gasteiger partial charge < -0.3 is 5.11 Å². The highest BCUT2D eigenvalue weighted by atomic mass is 35.5. The van der Waals surface area contributed by atoms with Crippen LogP contribution in [0, 0.1) is 6.92 Å². The molecule has 0 heterocycles. The van der Waals surface area contributed by atoms with E-state index in [9.17, 15) is 0 Å². The third-order valence-corrected chi connectivity index (χ3v) is 0.622. The summed E-state index contributed by atoms with van der Waals surface area (Å²) in [7, 11) is 0. The predicted octanol–water partition coefficient (Wildman–Crippen LogP) is 1.40. The number of hydrogen-bond donors (Lipinski definition) is 1. The lowest BCUT2D eigenvalue weighted by Crippen LogP contribution is -1.96. The zero-order chi connectivity index (χ0) is 4.99.